The van der Waals surface area contributed by atoms with Gasteiger partial charge in [0.2, 0.25) is 0 Å². The molecule has 1 aromatic rings. The number of amides is 1. The van der Waals surface area contributed by atoms with Crippen molar-refractivity contribution < 1.29 is 9.53 Å². The highest BCUT2D eigenvalue weighted by atomic mass is 35.5. The average molecular weight is 295 g/mol. The number of pyridine rings is 1. The van der Waals surface area contributed by atoms with Gasteiger partial charge in [-0.3, -0.25) is 4.79 Å². The van der Waals surface area contributed by atoms with Crippen molar-refractivity contribution in [2.75, 3.05) is 31.6 Å². The molecule has 0 aliphatic carbocycles. The Hall–Kier alpha value is -1.84. The lowest BCUT2D eigenvalue weighted by molar-refractivity contribution is 0.00321. The minimum atomic E-state index is -0.594. The molecule has 0 radical (unpaired) electrons. The van der Waals surface area contributed by atoms with Crippen molar-refractivity contribution in [2.24, 2.45) is 0 Å². The Morgan fingerprint density at radius 1 is 1.70 bits per heavy atom. The lowest BCUT2D eigenvalue weighted by Crippen LogP contribution is -2.45. The van der Waals surface area contributed by atoms with Gasteiger partial charge < -0.3 is 15.0 Å². The minimum absolute atomic E-state index is 0.198. The highest BCUT2D eigenvalue weighted by Crippen LogP contribution is 2.19. The molecule has 106 valence electrons. The Morgan fingerprint density at radius 3 is 3.20 bits per heavy atom. The maximum absolute atomic E-state index is 12.4. The molecule has 1 aliphatic rings. The molecule has 0 bridgehead atoms. The highest BCUT2D eigenvalue weighted by Gasteiger charge is 2.27. The Bertz CT molecular complexity index is 544. The SMILES string of the molecule is CCNc1ccc(Cl)c(C(=O)N2CCOC(C#N)C2)n1. The third kappa shape index (κ3) is 3.18. The number of rotatable bonds is 3. The third-order valence-electron chi connectivity index (χ3n) is 2.90. The quantitative estimate of drug-likeness (QED) is 0.914. The second kappa shape index (κ2) is 6.55. The van der Waals surface area contributed by atoms with Gasteiger partial charge in [0, 0.05) is 13.1 Å². The molecule has 1 N–H and O–H groups in total. The van der Waals surface area contributed by atoms with Crippen LogP contribution in [0.4, 0.5) is 5.82 Å². The van der Waals surface area contributed by atoms with Gasteiger partial charge in [-0.25, -0.2) is 4.98 Å². The lowest BCUT2D eigenvalue weighted by Gasteiger charge is -2.29. The van der Waals surface area contributed by atoms with Crippen LogP contribution in [0.3, 0.4) is 0 Å². The van der Waals surface area contributed by atoms with Crippen molar-refractivity contribution in [3.05, 3.63) is 22.8 Å². The molecule has 1 fully saturated rings. The standard InChI is InChI=1S/C13H15ClN4O2/c1-2-16-11-4-3-10(14)12(17-11)13(19)18-5-6-20-9(7-15)8-18/h3-4,9H,2,5-6,8H2,1H3,(H,16,17). The molecule has 2 rings (SSSR count). The molecule has 7 heteroatoms. The van der Waals surface area contributed by atoms with E-state index in [1.807, 2.05) is 13.0 Å². The van der Waals surface area contributed by atoms with Gasteiger partial charge in [0.15, 0.2) is 6.10 Å². The van der Waals surface area contributed by atoms with Crippen molar-refractivity contribution in [3.8, 4) is 6.07 Å². The summed E-state index contributed by atoms with van der Waals surface area (Å²) >= 11 is 6.05. The Kier molecular flexibility index (Phi) is 4.77. The van der Waals surface area contributed by atoms with Gasteiger partial charge >= 0.3 is 0 Å². The van der Waals surface area contributed by atoms with Crippen LogP contribution in [-0.4, -0.2) is 48.1 Å². The van der Waals surface area contributed by atoms with E-state index in [1.54, 1.807) is 17.0 Å². The molecule has 1 aliphatic heterocycles. The molecular formula is C13H15ClN4O2. The number of hydrogen-bond donors (Lipinski definition) is 1. The summed E-state index contributed by atoms with van der Waals surface area (Å²) in [6.07, 6.45) is -0.594. The van der Waals surface area contributed by atoms with Gasteiger partial charge in [-0.1, -0.05) is 11.6 Å². The summed E-state index contributed by atoms with van der Waals surface area (Å²) in [4.78, 5) is 18.2. The lowest BCUT2D eigenvalue weighted by atomic mass is 10.2. The van der Waals surface area contributed by atoms with Crippen molar-refractivity contribution in [1.29, 1.82) is 5.26 Å². The van der Waals surface area contributed by atoms with E-state index in [4.69, 9.17) is 21.6 Å². The largest absolute Gasteiger partial charge is 0.370 e. The van der Waals surface area contributed by atoms with Crippen LogP contribution in [0.15, 0.2) is 12.1 Å². The number of aromatic nitrogens is 1. The number of anilines is 1. The smallest absolute Gasteiger partial charge is 0.274 e. The van der Waals surface area contributed by atoms with E-state index in [9.17, 15) is 4.79 Å². The van der Waals surface area contributed by atoms with Crippen LogP contribution >= 0.6 is 11.6 Å². The van der Waals surface area contributed by atoms with Gasteiger partial charge in [-0.2, -0.15) is 5.26 Å². The molecule has 0 spiro atoms. The first-order chi connectivity index (χ1) is 9.65. The molecule has 1 atom stereocenters. The molecule has 1 unspecified atom stereocenters. The van der Waals surface area contributed by atoms with E-state index in [2.05, 4.69) is 10.3 Å². The van der Waals surface area contributed by atoms with Crippen LogP contribution in [0.25, 0.3) is 0 Å². The molecule has 1 aromatic heterocycles. The Balaban J connectivity index is 2.20. The van der Waals surface area contributed by atoms with Crippen LogP contribution in [0.1, 0.15) is 17.4 Å². The summed E-state index contributed by atoms with van der Waals surface area (Å²) in [6.45, 7) is 3.65. The maximum Gasteiger partial charge on any atom is 0.274 e. The zero-order chi connectivity index (χ0) is 14.5. The molecule has 1 amide bonds. The van der Waals surface area contributed by atoms with Crippen molar-refractivity contribution in [3.63, 3.8) is 0 Å². The number of hydrogen-bond acceptors (Lipinski definition) is 5. The molecule has 1 saturated heterocycles. The van der Waals surface area contributed by atoms with Gasteiger partial charge in [-0.05, 0) is 19.1 Å². The number of morpholine rings is 1. The number of carbonyl (C=O) groups excluding carboxylic acids is 1. The Labute approximate surface area is 122 Å². The fourth-order valence-electron chi connectivity index (χ4n) is 1.93. The molecule has 0 aromatic carbocycles. The summed E-state index contributed by atoms with van der Waals surface area (Å²) in [5.74, 6) is 0.323. The predicted molar refractivity (Wildman–Crippen MR) is 74.7 cm³/mol. The molecular weight excluding hydrogens is 280 g/mol. The zero-order valence-electron chi connectivity index (χ0n) is 11.1. The summed E-state index contributed by atoms with van der Waals surface area (Å²) in [7, 11) is 0. The topological polar surface area (TPSA) is 78.3 Å². The minimum Gasteiger partial charge on any atom is -0.370 e. The number of halogens is 1. The van der Waals surface area contributed by atoms with E-state index < -0.39 is 6.10 Å². The second-order valence-electron chi connectivity index (χ2n) is 4.30. The van der Waals surface area contributed by atoms with E-state index >= 15 is 0 Å². The van der Waals surface area contributed by atoms with Crippen LogP contribution < -0.4 is 5.32 Å². The maximum atomic E-state index is 12.4. The number of nitrogens with zero attached hydrogens (tertiary/aromatic N) is 3. The van der Waals surface area contributed by atoms with Gasteiger partial charge in [-0.15, -0.1) is 0 Å². The van der Waals surface area contributed by atoms with Gasteiger partial charge in [0.25, 0.3) is 5.91 Å². The molecule has 2 heterocycles. The van der Waals surface area contributed by atoms with Crippen LogP contribution in [0.2, 0.25) is 5.02 Å². The second-order valence-corrected chi connectivity index (χ2v) is 4.70. The van der Waals surface area contributed by atoms with E-state index in [0.717, 1.165) is 0 Å². The van der Waals surface area contributed by atoms with Gasteiger partial charge in [0.05, 0.1) is 24.2 Å². The highest BCUT2D eigenvalue weighted by molar-refractivity contribution is 6.33. The van der Waals surface area contributed by atoms with Crippen LogP contribution in [0.5, 0.6) is 0 Å². The first-order valence-electron chi connectivity index (χ1n) is 6.36. The van der Waals surface area contributed by atoms with Crippen LogP contribution in [-0.2, 0) is 4.74 Å². The molecule has 6 nitrogen and oxygen atoms in total. The van der Waals surface area contributed by atoms with E-state index in [1.165, 1.54) is 0 Å². The van der Waals surface area contributed by atoms with E-state index in [0.29, 0.717) is 30.5 Å². The summed E-state index contributed by atoms with van der Waals surface area (Å²) < 4.78 is 5.22. The fourth-order valence-corrected chi connectivity index (χ4v) is 2.12. The fraction of sp³-hybridized carbons (Fsp3) is 0.462. The molecule has 0 saturated carbocycles. The first kappa shape index (κ1) is 14.6. The summed E-state index contributed by atoms with van der Waals surface area (Å²) in [5.41, 5.74) is 0.198. The Morgan fingerprint density at radius 2 is 2.50 bits per heavy atom. The van der Waals surface area contributed by atoms with Crippen molar-refractivity contribution >= 4 is 23.3 Å². The van der Waals surface area contributed by atoms with E-state index in [-0.39, 0.29) is 18.1 Å². The monoisotopic (exact) mass is 294 g/mol. The van der Waals surface area contributed by atoms with Gasteiger partial charge in [0.1, 0.15) is 11.5 Å². The van der Waals surface area contributed by atoms with Crippen molar-refractivity contribution in [1.82, 2.24) is 9.88 Å². The normalized spacial score (nSPS) is 18.4. The number of nitriles is 1. The third-order valence-corrected chi connectivity index (χ3v) is 3.21. The predicted octanol–water partition coefficient (Wildman–Crippen LogP) is 1.53. The van der Waals surface area contributed by atoms with Crippen LogP contribution in [0, 0.1) is 11.3 Å². The number of carbonyl (C=O) groups is 1. The number of nitrogens with one attached hydrogen (secondary N) is 1. The zero-order valence-corrected chi connectivity index (χ0v) is 11.9. The first-order valence-corrected chi connectivity index (χ1v) is 6.74. The summed E-state index contributed by atoms with van der Waals surface area (Å²) in [5, 5.41) is 12.2. The average Bonchev–Trinajstić information content (AvgIpc) is 2.49. The number of ether oxygens (including phenoxy) is 1. The summed E-state index contributed by atoms with van der Waals surface area (Å²) in [6, 6.07) is 5.37. The molecule has 20 heavy (non-hydrogen) atoms. The van der Waals surface area contributed by atoms with Crippen molar-refractivity contribution in [2.45, 2.75) is 13.0 Å².